The number of esters is 1. The van der Waals surface area contributed by atoms with Crippen LogP contribution in [0.1, 0.15) is 28.7 Å². The van der Waals surface area contributed by atoms with Crippen molar-refractivity contribution in [1.29, 1.82) is 0 Å². The van der Waals surface area contributed by atoms with E-state index in [4.69, 9.17) is 9.15 Å². The molecule has 0 atom stereocenters. The number of nitrogens with one attached hydrogen (secondary N) is 1. The Balaban J connectivity index is 1.97. The molecule has 0 spiro atoms. The van der Waals surface area contributed by atoms with E-state index in [0.717, 1.165) is 11.3 Å². The first-order chi connectivity index (χ1) is 9.11. The summed E-state index contributed by atoms with van der Waals surface area (Å²) in [6, 6.07) is 0.284. The summed E-state index contributed by atoms with van der Waals surface area (Å²) in [5.41, 5.74) is 2.26. The van der Waals surface area contributed by atoms with E-state index in [1.165, 1.54) is 6.26 Å². The van der Waals surface area contributed by atoms with E-state index in [-0.39, 0.29) is 11.7 Å². The van der Waals surface area contributed by atoms with E-state index in [9.17, 15) is 4.79 Å². The van der Waals surface area contributed by atoms with Crippen LogP contribution in [0.15, 0.2) is 16.9 Å². The first-order valence-corrected chi connectivity index (χ1v) is 5.95. The Bertz CT molecular complexity index is 573. The fraction of sp³-hybridized carbons (Fsp3) is 0.417. The van der Waals surface area contributed by atoms with Gasteiger partial charge in [0.15, 0.2) is 5.69 Å². The lowest BCUT2D eigenvalue weighted by Gasteiger charge is -2.01. The van der Waals surface area contributed by atoms with Crippen LogP contribution in [0.2, 0.25) is 0 Å². The lowest BCUT2D eigenvalue weighted by atomic mass is 10.2. The second kappa shape index (κ2) is 5.55. The Hall–Kier alpha value is -2.31. The average Bonchev–Trinajstić information content (AvgIpc) is 2.97. The number of oxazole rings is 1. The third-order valence-corrected chi connectivity index (χ3v) is 2.76. The molecule has 0 radical (unpaired) electrons. The first-order valence-electron chi connectivity index (χ1n) is 5.95. The average molecular weight is 264 g/mol. The molecule has 0 aromatic carbocycles. The molecule has 2 heterocycles. The largest absolute Gasteiger partial charge is 0.461 e. The Kier molecular flexibility index (Phi) is 3.84. The summed E-state index contributed by atoms with van der Waals surface area (Å²) in [4.78, 5) is 15.4. The molecule has 7 heteroatoms. The molecule has 0 fully saturated rings. The van der Waals surface area contributed by atoms with Gasteiger partial charge in [-0.1, -0.05) is 0 Å². The Morgan fingerprint density at radius 3 is 3.00 bits per heavy atom. The third kappa shape index (κ3) is 2.93. The maximum absolute atomic E-state index is 11.4. The highest BCUT2D eigenvalue weighted by atomic mass is 16.5. The SMILES string of the molecule is CCOC(=O)c1coc(NCc2cnn(C)c2C)n1. The number of ether oxygens (including phenoxy) is 1. The van der Waals surface area contributed by atoms with Crippen molar-refractivity contribution in [3.63, 3.8) is 0 Å². The van der Waals surface area contributed by atoms with Crippen LogP contribution in [0, 0.1) is 6.92 Å². The van der Waals surface area contributed by atoms with Gasteiger partial charge in [0.25, 0.3) is 6.01 Å². The van der Waals surface area contributed by atoms with Gasteiger partial charge in [-0.25, -0.2) is 4.79 Å². The molecule has 2 aromatic rings. The van der Waals surface area contributed by atoms with E-state index in [1.54, 1.807) is 17.8 Å². The van der Waals surface area contributed by atoms with Crippen molar-refractivity contribution in [3.8, 4) is 0 Å². The number of carbonyl (C=O) groups excluding carboxylic acids is 1. The van der Waals surface area contributed by atoms with E-state index in [1.807, 2.05) is 14.0 Å². The molecule has 7 nitrogen and oxygen atoms in total. The van der Waals surface area contributed by atoms with Gasteiger partial charge in [0.1, 0.15) is 6.26 Å². The van der Waals surface area contributed by atoms with Gasteiger partial charge in [0, 0.05) is 24.8 Å². The lowest BCUT2D eigenvalue weighted by Crippen LogP contribution is -2.06. The van der Waals surface area contributed by atoms with Gasteiger partial charge < -0.3 is 14.5 Å². The van der Waals surface area contributed by atoms with Gasteiger partial charge in [-0.05, 0) is 13.8 Å². The molecule has 1 N–H and O–H groups in total. The molecule has 0 aliphatic rings. The molecule has 0 bridgehead atoms. The van der Waals surface area contributed by atoms with Crippen molar-refractivity contribution in [2.75, 3.05) is 11.9 Å². The van der Waals surface area contributed by atoms with Gasteiger partial charge in [0.2, 0.25) is 0 Å². The number of aryl methyl sites for hydroxylation is 1. The highest BCUT2D eigenvalue weighted by Crippen LogP contribution is 2.12. The molecule has 0 aliphatic carbocycles. The van der Waals surface area contributed by atoms with E-state index in [0.29, 0.717) is 13.2 Å². The number of nitrogens with zero attached hydrogens (tertiary/aromatic N) is 3. The first kappa shape index (κ1) is 13.1. The van der Waals surface area contributed by atoms with E-state index < -0.39 is 5.97 Å². The zero-order valence-corrected chi connectivity index (χ0v) is 11.1. The highest BCUT2D eigenvalue weighted by Gasteiger charge is 2.13. The van der Waals surface area contributed by atoms with Crippen molar-refractivity contribution in [3.05, 3.63) is 29.4 Å². The third-order valence-electron chi connectivity index (χ3n) is 2.76. The van der Waals surface area contributed by atoms with Crippen molar-refractivity contribution < 1.29 is 13.9 Å². The second-order valence-corrected chi connectivity index (χ2v) is 3.99. The van der Waals surface area contributed by atoms with Crippen LogP contribution in [-0.2, 0) is 18.3 Å². The summed E-state index contributed by atoms with van der Waals surface area (Å²) in [7, 11) is 1.88. The number of anilines is 1. The fourth-order valence-electron chi connectivity index (χ4n) is 1.54. The maximum atomic E-state index is 11.4. The van der Waals surface area contributed by atoms with Crippen LogP contribution in [-0.4, -0.2) is 27.3 Å². The number of hydrogen-bond donors (Lipinski definition) is 1. The zero-order chi connectivity index (χ0) is 13.8. The predicted octanol–water partition coefficient (Wildman–Crippen LogP) is 1.51. The van der Waals surface area contributed by atoms with Crippen molar-refractivity contribution in [1.82, 2.24) is 14.8 Å². The summed E-state index contributed by atoms with van der Waals surface area (Å²) in [5, 5.41) is 7.13. The molecule has 0 saturated carbocycles. The number of carbonyl (C=O) groups is 1. The molecule has 2 rings (SSSR count). The molecule has 19 heavy (non-hydrogen) atoms. The smallest absolute Gasteiger partial charge is 0.360 e. The lowest BCUT2D eigenvalue weighted by molar-refractivity contribution is 0.0519. The Morgan fingerprint density at radius 1 is 1.58 bits per heavy atom. The maximum Gasteiger partial charge on any atom is 0.360 e. The summed E-state index contributed by atoms with van der Waals surface area (Å²) >= 11 is 0. The summed E-state index contributed by atoms with van der Waals surface area (Å²) in [6.07, 6.45) is 3.05. The summed E-state index contributed by atoms with van der Waals surface area (Å²) < 4.78 is 11.8. The molecule has 0 saturated heterocycles. The standard InChI is InChI=1S/C12H16N4O3/c1-4-18-11(17)10-7-19-12(15-10)13-5-9-6-14-16(3)8(9)2/h6-7H,4-5H2,1-3H3,(H,13,15). The zero-order valence-electron chi connectivity index (χ0n) is 11.1. The monoisotopic (exact) mass is 264 g/mol. The highest BCUT2D eigenvalue weighted by molar-refractivity contribution is 5.87. The molecule has 0 amide bonds. The number of hydrogen-bond acceptors (Lipinski definition) is 6. The molecular weight excluding hydrogens is 248 g/mol. The van der Waals surface area contributed by atoms with Crippen LogP contribution < -0.4 is 5.32 Å². The number of aromatic nitrogens is 3. The van der Waals surface area contributed by atoms with E-state index >= 15 is 0 Å². The van der Waals surface area contributed by atoms with Gasteiger partial charge in [-0.3, -0.25) is 4.68 Å². The topological polar surface area (TPSA) is 82.2 Å². The second-order valence-electron chi connectivity index (χ2n) is 3.99. The quantitative estimate of drug-likeness (QED) is 0.824. The molecule has 0 aliphatic heterocycles. The van der Waals surface area contributed by atoms with Crippen molar-refractivity contribution >= 4 is 12.0 Å². The van der Waals surface area contributed by atoms with Crippen LogP contribution in [0.3, 0.4) is 0 Å². The predicted molar refractivity (Wildman–Crippen MR) is 67.7 cm³/mol. The normalized spacial score (nSPS) is 10.5. The van der Waals surface area contributed by atoms with Crippen molar-refractivity contribution in [2.45, 2.75) is 20.4 Å². The molecule has 2 aromatic heterocycles. The summed E-state index contributed by atoms with van der Waals surface area (Å²) in [6.45, 7) is 4.55. The van der Waals surface area contributed by atoms with Gasteiger partial charge >= 0.3 is 5.97 Å². The number of rotatable bonds is 5. The van der Waals surface area contributed by atoms with Crippen LogP contribution >= 0.6 is 0 Å². The van der Waals surface area contributed by atoms with Crippen LogP contribution in [0.4, 0.5) is 6.01 Å². The molecular formula is C12H16N4O3. The Labute approximate surface area is 110 Å². The van der Waals surface area contributed by atoms with E-state index in [2.05, 4.69) is 15.4 Å². The van der Waals surface area contributed by atoms with Crippen LogP contribution in [0.5, 0.6) is 0 Å². The minimum absolute atomic E-state index is 0.159. The van der Waals surface area contributed by atoms with Gasteiger partial charge in [-0.2, -0.15) is 10.1 Å². The Morgan fingerprint density at radius 2 is 2.37 bits per heavy atom. The summed E-state index contributed by atoms with van der Waals surface area (Å²) in [5.74, 6) is -0.489. The molecule has 0 unspecified atom stereocenters. The minimum Gasteiger partial charge on any atom is -0.461 e. The van der Waals surface area contributed by atoms with Gasteiger partial charge in [0.05, 0.1) is 12.8 Å². The fourth-order valence-corrected chi connectivity index (χ4v) is 1.54. The van der Waals surface area contributed by atoms with Crippen molar-refractivity contribution in [2.24, 2.45) is 7.05 Å². The minimum atomic E-state index is -0.489. The van der Waals surface area contributed by atoms with Crippen LogP contribution in [0.25, 0.3) is 0 Å². The molecule has 102 valence electrons. The van der Waals surface area contributed by atoms with Gasteiger partial charge in [-0.15, -0.1) is 0 Å².